The minimum atomic E-state index is -4.20. The highest BCUT2D eigenvalue weighted by Crippen LogP contribution is 2.47. The van der Waals surface area contributed by atoms with Gasteiger partial charge in [0.1, 0.15) is 11.5 Å². The molecule has 1 aliphatic rings. The number of carbonyl (C=O) groups excluding carboxylic acids is 1. The van der Waals surface area contributed by atoms with Crippen LogP contribution in [0.15, 0.2) is 35.9 Å². The Bertz CT molecular complexity index is 1020. The molecule has 1 amide bonds. The zero-order valence-corrected chi connectivity index (χ0v) is 24.1. The van der Waals surface area contributed by atoms with Crippen molar-refractivity contribution in [3.63, 3.8) is 0 Å². The molecule has 208 valence electrons. The molecule has 1 aromatic rings. The van der Waals surface area contributed by atoms with Gasteiger partial charge in [-0.05, 0) is 77.0 Å². The number of hydrogen-bond donors (Lipinski definition) is 2. The number of benzene rings is 1. The topological polar surface area (TPSA) is 106 Å². The Morgan fingerprint density at radius 2 is 2.00 bits per heavy atom. The number of phenolic OH excluding ortho intramolecular Hbond substituents is 1. The molecule has 0 radical (unpaired) electrons. The van der Waals surface area contributed by atoms with Crippen molar-refractivity contribution in [2.45, 2.75) is 85.2 Å². The second kappa shape index (κ2) is 14.1. The van der Waals surface area contributed by atoms with E-state index in [0.717, 1.165) is 49.7 Å². The summed E-state index contributed by atoms with van der Waals surface area (Å²) in [6, 6.07) is 3.62. The molecule has 1 aliphatic carbocycles. The van der Waals surface area contributed by atoms with Crippen LogP contribution in [-0.4, -0.2) is 47.3 Å². The maximum Gasteiger partial charge on any atom is 0.472 e. The first-order chi connectivity index (χ1) is 17.3. The minimum absolute atomic E-state index is 0.0131. The van der Waals surface area contributed by atoms with Gasteiger partial charge in [0, 0.05) is 25.1 Å². The van der Waals surface area contributed by atoms with Gasteiger partial charge in [-0.3, -0.25) is 9.05 Å². The van der Waals surface area contributed by atoms with Gasteiger partial charge in [-0.2, -0.15) is 0 Å². The van der Waals surface area contributed by atoms with Gasteiger partial charge in [0.05, 0.1) is 12.7 Å². The molecule has 3 atom stereocenters. The number of phenols is 1. The average molecular weight is 538 g/mol. The summed E-state index contributed by atoms with van der Waals surface area (Å²) in [5.41, 5.74) is 3.72. The Balaban J connectivity index is 2.30. The van der Waals surface area contributed by atoms with Crippen molar-refractivity contribution in [1.29, 1.82) is 0 Å². The van der Waals surface area contributed by atoms with E-state index in [1.54, 1.807) is 19.9 Å². The third-order valence-corrected chi connectivity index (χ3v) is 7.69. The molecule has 0 saturated heterocycles. The van der Waals surface area contributed by atoms with Crippen LogP contribution in [0.2, 0.25) is 0 Å². The Hall–Kier alpha value is -2.12. The smallest absolute Gasteiger partial charge is 0.472 e. The first kappa shape index (κ1) is 31.1. The molecule has 0 saturated carbocycles. The summed E-state index contributed by atoms with van der Waals surface area (Å²) in [5.74, 6) is 0.379. The molecule has 0 aliphatic heterocycles. The summed E-state index contributed by atoms with van der Waals surface area (Å²) < 4.78 is 27.6. The van der Waals surface area contributed by atoms with E-state index >= 15 is 0 Å². The zero-order valence-electron chi connectivity index (χ0n) is 23.2. The maximum absolute atomic E-state index is 13.0. The third-order valence-electron chi connectivity index (χ3n) is 6.50. The van der Waals surface area contributed by atoms with Crippen molar-refractivity contribution in [3.8, 4) is 11.5 Å². The number of amides is 1. The summed E-state index contributed by atoms with van der Waals surface area (Å²) in [7, 11) is -2.69. The van der Waals surface area contributed by atoms with Crippen LogP contribution < -0.4 is 4.74 Å². The number of carbonyl (C=O) groups is 1. The quantitative estimate of drug-likeness (QED) is 0.157. The highest BCUT2D eigenvalue weighted by Gasteiger charge is 2.32. The molecule has 0 spiro atoms. The van der Waals surface area contributed by atoms with Crippen molar-refractivity contribution >= 4 is 13.9 Å². The predicted molar refractivity (Wildman–Crippen MR) is 146 cm³/mol. The molecule has 0 fully saturated rings. The van der Waals surface area contributed by atoms with Crippen LogP contribution in [0.4, 0.5) is 4.79 Å². The van der Waals surface area contributed by atoms with E-state index in [-0.39, 0.29) is 30.7 Å². The molecular weight excluding hydrogens is 493 g/mol. The SMILES string of the molecule is C=C(C)[C@@H]1CCC(C)=C[C@H]1c1c(O)cc(CCCCC)cc1OC(=O)N(C)CCOP(=O)(O)OC(C)C. The minimum Gasteiger partial charge on any atom is -0.507 e. The van der Waals surface area contributed by atoms with Gasteiger partial charge < -0.3 is 19.6 Å². The van der Waals surface area contributed by atoms with Crippen LogP contribution in [0.5, 0.6) is 11.5 Å². The summed E-state index contributed by atoms with van der Waals surface area (Å²) in [4.78, 5) is 24.0. The van der Waals surface area contributed by atoms with E-state index in [1.807, 2.05) is 13.0 Å². The lowest BCUT2D eigenvalue weighted by Crippen LogP contribution is -2.33. The molecule has 8 nitrogen and oxygen atoms in total. The van der Waals surface area contributed by atoms with Crippen LogP contribution in [0, 0.1) is 5.92 Å². The molecule has 0 bridgehead atoms. The number of unbranched alkanes of at least 4 members (excludes halogenated alkanes) is 2. The lowest BCUT2D eigenvalue weighted by molar-refractivity contribution is 0.108. The highest BCUT2D eigenvalue weighted by atomic mass is 31.2. The first-order valence-corrected chi connectivity index (χ1v) is 14.6. The summed E-state index contributed by atoms with van der Waals surface area (Å²) >= 11 is 0. The first-order valence-electron chi connectivity index (χ1n) is 13.1. The largest absolute Gasteiger partial charge is 0.507 e. The standard InChI is InChI=1S/C28H44NO7P/c1-8-9-10-11-22-17-25(30)27(24-16-21(6)12-13-23(24)19(2)3)26(18-22)35-28(31)29(7)14-15-34-37(32,33)36-20(4)5/h16-18,20,23-24,30H,2,8-15H2,1,3-7H3,(H,32,33)/t23-,24+/m0/s1. The van der Waals surface area contributed by atoms with Crippen molar-refractivity contribution in [2.75, 3.05) is 20.2 Å². The van der Waals surface area contributed by atoms with Crippen molar-refractivity contribution in [3.05, 3.63) is 47.1 Å². The number of phosphoric acid groups is 1. The summed E-state index contributed by atoms with van der Waals surface area (Å²) in [5, 5.41) is 11.2. The lowest BCUT2D eigenvalue weighted by atomic mass is 9.73. The van der Waals surface area contributed by atoms with Crippen LogP contribution in [0.3, 0.4) is 0 Å². The Kier molecular flexibility index (Phi) is 11.9. The number of phosphoric ester groups is 1. The Morgan fingerprint density at radius 3 is 2.62 bits per heavy atom. The van der Waals surface area contributed by atoms with Gasteiger partial charge >= 0.3 is 13.9 Å². The number of aromatic hydroxyl groups is 1. The number of aryl methyl sites for hydroxylation is 1. The number of ether oxygens (including phenoxy) is 1. The molecule has 0 heterocycles. The molecule has 2 N–H and O–H groups in total. The number of nitrogens with zero attached hydrogens (tertiary/aromatic N) is 1. The molecule has 37 heavy (non-hydrogen) atoms. The van der Waals surface area contributed by atoms with Gasteiger partial charge in [0.25, 0.3) is 0 Å². The summed E-state index contributed by atoms with van der Waals surface area (Å²) in [6.45, 7) is 13.4. The third kappa shape index (κ3) is 9.60. The van der Waals surface area contributed by atoms with Gasteiger partial charge in [0.15, 0.2) is 0 Å². The van der Waals surface area contributed by atoms with Crippen LogP contribution in [-0.2, 0) is 20.0 Å². The van der Waals surface area contributed by atoms with E-state index in [4.69, 9.17) is 13.8 Å². The normalized spacial score (nSPS) is 19.3. The van der Waals surface area contributed by atoms with Crippen molar-refractivity contribution < 1.29 is 33.1 Å². The van der Waals surface area contributed by atoms with Gasteiger partial charge in [-0.15, -0.1) is 0 Å². The van der Waals surface area contributed by atoms with E-state index in [0.29, 0.717) is 11.3 Å². The van der Waals surface area contributed by atoms with Gasteiger partial charge in [0.2, 0.25) is 0 Å². The van der Waals surface area contributed by atoms with E-state index in [1.165, 1.54) is 17.5 Å². The van der Waals surface area contributed by atoms with Crippen LogP contribution >= 0.6 is 7.82 Å². The molecule has 1 aromatic carbocycles. The maximum atomic E-state index is 13.0. The highest BCUT2D eigenvalue weighted by molar-refractivity contribution is 7.47. The molecule has 9 heteroatoms. The fourth-order valence-electron chi connectivity index (χ4n) is 4.57. The van der Waals surface area contributed by atoms with Gasteiger partial charge in [-0.1, -0.05) is 43.6 Å². The number of rotatable bonds is 13. The Labute approximate surface area is 221 Å². The zero-order chi connectivity index (χ0) is 27.8. The van der Waals surface area contributed by atoms with E-state index in [9.17, 15) is 19.4 Å². The number of hydrogen-bond acceptors (Lipinski definition) is 6. The number of likely N-dealkylation sites (N-methyl/N-ethyl adjacent to an activating group) is 1. The Morgan fingerprint density at radius 1 is 1.30 bits per heavy atom. The lowest BCUT2D eigenvalue weighted by Gasteiger charge is -2.32. The molecule has 0 aromatic heterocycles. The summed E-state index contributed by atoms with van der Waals surface area (Å²) in [6.07, 6.45) is 6.74. The second-order valence-electron chi connectivity index (χ2n) is 10.3. The van der Waals surface area contributed by atoms with Crippen LogP contribution in [0.1, 0.15) is 83.8 Å². The number of allylic oxidation sites excluding steroid dienone is 3. The molecule has 2 rings (SSSR count). The van der Waals surface area contributed by atoms with Crippen molar-refractivity contribution in [2.24, 2.45) is 5.92 Å². The average Bonchev–Trinajstić information content (AvgIpc) is 2.77. The molecule has 1 unspecified atom stereocenters. The van der Waals surface area contributed by atoms with Crippen molar-refractivity contribution in [1.82, 2.24) is 4.90 Å². The van der Waals surface area contributed by atoms with Gasteiger partial charge in [-0.25, -0.2) is 9.36 Å². The van der Waals surface area contributed by atoms with Crippen LogP contribution in [0.25, 0.3) is 0 Å². The second-order valence-corrected chi connectivity index (χ2v) is 11.7. The monoisotopic (exact) mass is 537 g/mol. The predicted octanol–water partition coefficient (Wildman–Crippen LogP) is 7.11. The van der Waals surface area contributed by atoms with E-state index < -0.39 is 20.0 Å². The van der Waals surface area contributed by atoms with E-state index in [2.05, 4.69) is 26.5 Å². The molecular formula is C28H44NO7P. The fourth-order valence-corrected chi connectivity index (χ4v) is 5.48. The fraction of sp³-hybridized carbons (Fsp3) is 0.607.